The molecule has 0 saturated heterocycles. The Bertz CT molecular complexity index is 78.5. The van der Waals surface area contributed by atoms with E-state index in [4.69, 9.17) is 9.47 Å². The number of thiol groups is 1. The minimum absolute atomic E-state index is 0.217. The normalized spacial score (nSPS) is 13.4. The van der Waals surface area contributed by atoms with E-state index in [-0.39, 0.29) is 6.10 Å². The van der Waals surface area contributed by atoms with Crippen LogP contribution in [-0.2, 0) is 9.47 Å². The van der Waals surface area contributed by atoms with Crippen LogP contribution in [0.15, 0.2) is 0 Å². The largest absolute Gasteiger partial charge is 0.379 e. The minimum Gasteiger partial charge on any atom is -0.379 e. The van der Waals surface area contributed by atoms with Crippen LogP contribution < -0.4 is 0 Å². The first-order valence-corrected chi connectivity index (χ1v) is 4.74. The van der Waals surface area contributed by atoms with Crippen LogP contribution in [0.5, 0.6) is 0 Å². The lowest BCUT2D eigenvalue weighted by Crippen LogP contribution is -2.16. The number of rotatable bonds is 7. The summed E-state index contributed by atoms with van der Waals surface area (Å²) in [6.45, 7) is 6.26. The molecule has 0 saturated carbocycles. The predicted octanol–water partition coefficient (Wildman–Crippen LogP) is 1.75. The molecule has 0 N–H and O–H groups in total. The van der Waals surface area contributed by atoms with E-state index < -0.39 is 0 Å². The second kappa shape index (κ2) is 8.37. The zero-order chi connectivity index (χ0) is 8.53. The van der Waals surface area contributed by atoms with E-state index in [0.717, 1.165) is 25.4 Å². The molecule has 1 atom stereocenters. The van der Waals surface area contributed by atoms with E-state index in [2.05, 4.69) is 12.6 Å². The molecular formula is C8H18O2S. The second-order valence-electron chi connectivity index (χ2n) is 2.42. The Hall–Kier alpha value is 0.270. The van der Waals surface area contributed by atoms with Crippen molar-refractivity contribution in [3.8, 4) is 0 Å². The lowest BCUT2D eigenvalue weighted by atomic mass is 10.4. The summed E-state index contributed by atoms with van der Waals surface area (Å²) >= 11 is 4.08. The standard InChI is InChI=1S/C8H18O2S/c1-3-9-7-8(2)10-5-4-6-11/h8,11H,3-7H2,1-2H3. The molecule has 0 aliphatic rings. The summed E-state index contributed by atoms with van der Waals surface area (Å²) in [6, 6.07) is 0. The van der Waals surface area contributed by atoms with E-state index in [1.165, 1.54) is 0 Å². The molecule has 3 heteroatoms. The van der Waals surface area contributed by atoms with Crippen molar-refractivity contribution in [2.45, 2.75) is 26.4 Å². The molecule has 1 unspecified atom stereocenters. The highest BCUT2D eigenvalue weighted by Gasteiger charge is 1.99. The summed E-state index contributed by atoms with van der Waals surface area (Å²) < 4.78 is 10.6. The van der Waals surface area contributed by atoms with Gasteiger partial charge in [-0.15, -0.1) is 0 Å². The highest BCUT2D eigenvalue weighted by atomic mass is 32.1. The van der Waals surface area contributed by atoms with Crippen LogP contribution in [0.1, 0.15) is 20.3 Å². The molecule has 0 radical (unpaired) electrons. The predicted molar refractivity (Wildman–Crippen MR) is 50.4 cm³/mol. The fraction of sp³-hybridized carbons (Fsp3) is 1.00. The Morgan fingerprint density at radius 2 is 2.18 bits per heavy atom. The van der Waals surface area contributed by atoms with Gasteiger partial charge in [0, 0.05) is 13.2 Å². The van der Waals surface area contributed by atoms with Gasteiger partial charge in [-0.1, -0.05) is 0 Å². The van der Waals surface area contributed by atoms with Crippen LogP contribution in [0, 0.1) is 0 Å². The maximum atomic E-state index is 5.41. The van der Waals surface area contributed by atoms with Crippen molar-refractivity contribution in [2.75, 3.05) is 25.6 Å². The van der Waals surface area contributed by atoms with Gasteiger partial charge in [0.1, 0.15) is 0 Å². The third-order valence-corrected chi connectivity index (χ3v) is 1.58. The molecule has 0 fully saturated rings. The SMILES string of the molecule is CCOCC(C)OCCCS. The van der Waals surface area contributed by atoms with E-state index >= 15 is 0 Å². The highest BCUT2D eigenvalue weighted by Crippen LogP contribution is 1.94. The zero-order valence-electron chi connectivity index (χ0n) is 7.38. The molecule has 0 aromatic rings. The van der Waals surface area contributed by atoms with Crippen LogP contribution in [0.4, 0.5) is 0 Å². The van der Waals surface area contributed by atoms with Gasteiger partial charge in [-0.05, 0) is 26.0 Å². The summed E-state index contributed by atoms with van der Waals surface area (Å²) in [4.78, 5) is 0. The van der Waals surface area contributed by atoms with Crippen molar-refractivity contribution in [3.63, 3.8) is 0 Å². The molecule has 2 nitrogen and oxygen atoms in total. The van der Waals surface area contributed by atoms with Crippen LogP contribution in [0.25, 0.3) is 0 Å². The van der Waals surface area contributed by atoms with Crippen molar-refractivity contribution in [1.29, 1.82) is 0 Å². The Labute approximate surface area is 74.7 Å². The molecule has 68 valence electrons. The number of hydrogen-bond donors (Lipinski definition) is 1. The molecule has 11 heavy (non-hydrogen) atoms. The van der Waals surface area contributed by atoms with E-state index in [0.29, 0.717) is 6.61 Å². The fourth-order valence-electron chi connectivity index (χ4n) is 0.681. The Balaban J connectivity index is 3.02. The highest BCUT2D eigenvalue weighted by molar-refractivity contribution is 7.80. The molecule has 0 aliphatic heterocycles. The average Bonchev–Trinajstić information content (AvgIpc) is 2.01. The van der Waals surface area contributed by atoms with Crippen LogP contribution in [-0.4, -0.2) is 31.7 Å². The minimum atomic E-state index is 0.217. The molecular weight excluding hydrogens is 160 g/mol. The third-order valence-electron chi connectivity index (χ3n) is 1.26. The smallest absolute Gasteiger partial charge is 0.0780 e. The lowest BCUT2D eigenvalue weighted by molar-refractivity contribution is -0.00266. The van der Waals surface area contributed by atoms with Gasteiger partial charge in [-0.3, -0.25) is 0 Å². The molecule has 0 rings (SSSR count). The molecule has 0 aromatic heterocycles. The quantitative estimate of drug-likeness (QED) is 0.473. The number of ether oxygens (including phenoxy) is 2. The first kappa shape index (κ1) is 11.3. The van der Waals surface area contributed by atoms with Crippen LogP contribution in [0.3, 0.4) is 0 Å². The fourth-order valence-corrected chi connectivity index (χ4v) is 0.810. The Morgan fingerprint density at radius 3 is 2.73 bits per heavy atom. The summed E-state index contributed by atoms with van der Waals surface area (Å²) in [6.07, 6.45) is 1.23. The first-order valence-electron chi connectivity index (χ1n) is 4.11. The van der Waals surface area contributed by atoms with Gasteiger partial charge >= 0.3 is 0 Å². The van der Waals surface area contributed by atoms with Gasteiger partial charge in [0.15, 0.2) is 0 Å². The Morgan fingerprint density at radius 1 is 1.45 bits per heavy atom. The summed E-state index contributed by atoms with van der Waals surface area (Å²) in [5.74, 6) is 0.890. The van der Waals surface area contributed by atoms with E-state index in [1.54, 1.807) is 0 Å². The molecule has 0 spiro atoms. The molecule has 0 aliphatic carbocycles. The van der Waals surface area contributed by atoms with Crippen LogP contribution >= 0.6 is 12.6 Å². The van der Waals surface area contributed by atoms with Crippen molar-refractivity contribution >= 4 is 12.6 Å². The van der Waals surface area contributed by atoms with E-state index in [9.17, 15) is 0 Å². The average molecular weight is 178 g/mol. The number of hydrogen-bond acceptors (Lipinski definition) is 3. The van der Waals surface area contributed by atoms with Crippen molar-refractivity contribution in [2.24, 2.45) is 0 Å². The van der Waals surface area contributed by atoms with Gasteiger partial charge in [-0.2, -0.15) is 12.6 Å². The molecule has 0 bridgehead atoms. The first-order chi connectivity index (χ1) is 5.31. The van der Waals surface area contributed by atoms with Gasteiger partial charge in [0.2, 0.25) is 0 Å². The summed E-state index contributed by atoms with van der Waals surface area (Å²) in [5.41, 5.74) is 0. The molecule has 0 aromatic carbocycles. The van der Waals surface area contributed by atoms with Gasteiger partial charge in [0.05, 0.1) is 12.7 Å². The van der Waals surface area contributed by atoms with Gasteiger partial charge in [-0.25, -0.2) is 0 Å². The maximum Gasteiger partial charge on any atom is 0.0780 e. The van der Waals surface area contributed by atoms with Crippen LogP contribution in [0.2, 0.25) is 0 Å². The van der Waals surface area contributed by atoms with Gasteiger partial charge < -0.3 is 9.47 Å². The summed E-state index contributed by atoms with van der Waals surface area (Å²) in [5, 5.41) is 0. The zero-order valence-corrected chi connectivity index (χ0v) is 8.27. The molecule has 0 amide bonds. The molecule has 0 heterocycles. The van der Waals surface area contributed by atoms with Crippen molar-refractivity contribution in [1.82, 2.24) is 0 Å². The van der Waals surface area contributed by atoms with Crippen molar-refractivity contribution in [3.05, 3.63) is 0 Å². The maximum absolute atomic E-state index is 5.41. The van der Waals surface area contributed by atoms with Gasteiger partial charge in [0.25, 0.3) is 0 Å². The lowest BCUT2D eigenvalue weighted by Gasteiger charge is -2.11. The van der Waals surface area contributed by atoms with Crippen molar-refractivity contribution < 1.29 is 9.47 Å². The monoisotopic (exact) mass is 178 g/mol. The third kappa shape index (κ3) is 8.17. The topological polar surface area (TPSA) is 18.5 Å². The Kier molecular flexibility index (Phi) is 8.57. The van der Waals surface area contributed by atoms with E-state index in [1.807, 2.05) is 13.8 Å². The second-order valence-corrected chi connectivity index (χ2v) is 2.87. The summed E-state index contributed by atoms with van der Waals surface area (Å²) in [7, 11) is 0.